The van der Waals surface area contributed by atoms with Crippen LogP contribution in [0.2, 0.25) is 0 Å². The van der Waals surface area contributed by atoms with E-state index in [1.807, 2.05) is 6.92 Å². The minimum absolute atomic E-state index is 0.256. The summed E-state index contributed by atoms with van der Waals surface area (Å²) in [4.78, 5) is 24.5. The molecule has 3 rings (SSSR count). The Hall–Kier alpha value is -2.28. The van der Waals surface area contributed by atoms with Gasteiger partial charge in [-0.2, -0.15) is 0 Å². The molecule has 1 saturated carbocycles. The number of nitrogens with zero attached hydrogens (tertiary/aromatic N) is 4. The van der Waals surface area contributed by atoms with Crippen LogP contribution in [0.5, 0.6) is 0 Å². The number of carbonyl (C=O) groups is 1. The molecule has 7 heteroatoms. The molecule has 0 atom stereocenters. The van der Waals surface area contributed by atoms with Crippen LogP contribution in [0, 0.1) is 0 Å². The molecule has 2 N–H and O–H groups in total. The number of rotatable bonds is 5. The molecule has 0 aliphatic heterocycles. The molecule has 0 aromatic carbocycles. The fourth-order valence-electron chi connectivity index (χ4n) is 3.16. The maximum atomic E-state index is 11.8. The number of aromatic nitrogens is 4. The number of ether oxygens (including phenoxy) is 1. The van der Waals surface area contributed by atoms with Gasteiger partial charge >= 0.3 is 0 Å². The molecule has 23 heavy (non-hydrogen) atoms. The average molecular weight is 315 g/mol. The fraction of sp³-hybridized carbons (Fsp3) is 0.500. The van der Waals surface area contributed by atoms with Gasteiger partial charge in [0.15, 0.2) is 0 Å². The molecule has 7 nitrogen and oxygen atoms in total. The average Bonchev–Trinajstić information content (AvgIpc) is 3.10. The molecular weight excluding hydrogens is 294 g/mol. The van der Waals surface area contributed by atoms with Gasteiger partial charge in [-0.25, -0.2) is 15.0 Å². The Labute approximate surface area is 134 Å². The van der Waals surface area contributed by atoms with Crippen molar-refractivity contribution in [3.63, 3.8) is 0 Å². The first-order valence-corrected chi connectivity index (χ1v) is 7.95. The van der Waals surface area contributed by atoms with Gasteiger partial charge < -0.3 is 10.5 Å². The highest BCUT2D eigenvalue weighted by Gasteiger charge is 2.27. The molecule has 0 saturated heterocycles. The maximum Gasteiger partial charge on any atom is 0.267 e. The lowest BCUT2D eigenvalue weighted by molar-refractivity contribution is 0.0327. The summed E-state index contributed by atoms with van der Waals surface area (Å²) < 4.78 is 7.33. The first kappa shape index (κ1) is 15.6. The van der Waals surface area contributed by atoms with Crippen molar-refractivity contribution >= 4 is 5.91 Å². The number of hydrogen-bond acceptors (Lipinski definition) is 5. The molecular formula is C16H21N5O2. The SMILES string of the molecule is CCOC1CCC(c2cnc(-n3ccnc3)nc2C(N)=O)CC1. The summed E-state index contributed by atoms with van der Waals surface area (Å²) in [6.07, 6.45) is 10.9. The maximum absolute atomic E-state index is 11.8. The second kappa shape index (κ2) is 6.87. The van der Waals surface area contributed by atoms with E-state index in [4.69, 9.17) is 10.5 Å². The third kappa shape index (κ3) is 3.39. The third-order valence-electron chi connectivity index (χ3n) is 4.29. The molecule has 1 amide bonds. The second-order valence-corrected chi connectivity index (χ2v) is 5.74. The lowest BCUT2D eigenvalue weighted by Gasteiger charge is -2.29. The molecule has 1 fully saturated rings. The zero-order valence-corrected chi connectivity index (χ0v) is 13.2. The van der Waals surface area contributed by atoms with E-state index in [-0.39, 0.29) is 5.92 Å². The quantitative estimate of drug-likeness (QED) is 0.908. The first-order valence-electron chi connectivity index (χ1n) is 7.95. The summed E-state index contributed by atoms with van der Waals surface area (Å²) in [7, 11) is 0. The van der Waals surface area contributed by atoms with Crippen LogP contribution in [0.15, 0.2) is 24.9 Å². The van der Waals surface area contributed by atoms with Crippen LogP contribution < -0.4 is 5.73 Å². The van der Waals surface area contributed by atoms with Crippen molar-refractivity contribution in [3.05, 3.63) is 36.2 Å². The van der Waals surface area contributed by atoms with Crippen LogP contribution in [0.25, 0.3) is 5.95 Å². The van der Waals surface area contributed by atoms with Gasteiger partial charge in [-0.15, -0.1) is 0 Å². The highest BCUT2D eigenvalue weighted by atomic mass is 16.5. The van der Waals surface area contributed by atoms with Gasteiger partial charge in [0.25, 0.3) is 5.91 Å². The van der Waals surface area contributed by atoms with E-state index in [1.165, 1.54) is 0 Å². The summed E-state index contributed by atoms with van der Waals surface area (Å²) in [6.45, 7) is 2.75. The fourth-order valence-corrected chi connectivity index (χ4v) is 3.16. The first-order chi connectivity index (χ1) is 11.2. The van der Waals surface area contributed by atoms with E-state index in [9.17, 15) is 4.79 Å². The van der Waals surface area contributed by atoms with Crippen LogP contribution in [0.4, 0.5) is 0 Å². The third-order valence-corrected chi connectivity index (χ3v) is 4.29. The van der Waals surface area contributed by atoms with Crippen molar-refractivity contribution in [1.29, 1.82) is 0 Å². The molecule has 0 radical (unpaired) electrons. The van der Waals surface area contributed by atoms with Gasteiger partial charge in [-0.05, 0) is 38.5 Å². The molecule has 2 aromatic rings. The molecule has 122 valence electrons. The van der Waals surface area contributed by atoms with Crippen LogP contribution in [0.1, 0.15) is 54.6 Å². The largest absolute Gasteiger partial charge is 0.379 e. The van der Waals surface area contributed by atoms with E-state index in [1.54, 1.807) is 29.5 Å². The summed E-state index contributed by atoms with van der Waals surface area (Å²) in [6, 6.07) is 0. The van der Waals surface area contributed by atoms with Gasteiger partial charge in [0.05, 0.1) is 6.10 Å². The monoisotopic (exact) mass is 315 g/mol. The number of carbonyl (C=O) groups excluding carboxylic acids is 1. The summed E-state index contributed by atoms with van der Waals surface area (Å²) in [5, 5.41) is 0. The topological polar surface area (TPSA) is 95.9 Å². The number of amides is 1. The van der Waals surface area contributed by atoms with E-state index < -0.39 is 5.91 Å². The number of primary amides is 1. The van der Waals surface area contributed by atoms with E-state index in [0.717, 1.165) is 37.9 Å². The second-order valence-electron chi connectivity index (χ2n) is 5.74. The predicted molar refractivity (Wildman–Crippen MR) is 84.3 cm³/mol. The summed E-state index contributed by atoms with van der Waals surface area (Å²) in [5.74, 6) is 0.143. The zero-order valence-electron chi connectivity index (χ0n) is 13.2. The highest BCUT2D eigenvalue weighted by Crippen LogP contribution is 2.35. The Morgan fingerprint density at radius 1 is 1.39 bits per heavy atom. The van der Waals surface area contributed by atoms with Crippen molar-refractivity contribution in [2.24, 2.45) is 5.73 Å². The van der Waals surface area contributed by atoms with Gasteiger partial charge in [0.1, 0.15) is 12.0 Å². The van der Waals surface area contributed by atoms with Crippen molar-refractivity contribution < 1.29 is 9.53 Å². The van der Waals surface area contributed by atoms with E-state index >= 15 is 0 Å². The number of imidazole rings is 1. The van der Waals surface area contributed by atoms with Crippen LogP contribution in [-0.2, 0) is 4.74 Å². The smallest absolute Gasteiger partial charge is 0.267 e. The predicted octanol–water partition coefficient (Wildman–Crippen LogP) is 1.82. The Balaban J connectivity index is 1.83. The normalized spacial score (nSPS) is 21.3. The standard InChI is InChI=1S/C16H21N5O2/c1-2-23-12-5-3-11(4-6-12)13-9-19-16(20-14(13)15(17)22)21-8-7-18-10-21/h7-12H,2-6H2,1H3,(H2,17,22). The highest BCUT2D eigenvalue weighted by molar-refractivity contribution is 5.92. The van der Waals surface area contributed by atoms with Crippen molar-refractivity contribution in [1.82, 2.24) is 19.5 Å². The van der Waals surface area contributed by atoms with Crippen molar-refractivity contribution in [2.75, 3.05) is 6.61 Å². The molecule has 2 heterocycles. The minimum atomic E-state index is -0.518. The molecule has 0 unspecified atom stereocenters. The van der Waals surface area contributed by atoms with Crippen LogP contribution in [-0.4, -0.2) is 38.1 Å². The van der Waals surface area contributed by atoms with Gasteiger partial charge in [0.2, 0.25) is 5.95 Å². The molecule has 0 bridgehead atoms. The molecule has 1 aliphatic rings. The van der Waals surface area contributed by atoms with E-state index in [0.29, 0.717) is 17.7 Å². The summed E-state index contributed by atoms with van der Waals surface area (Å²) >= 11 is 0. The van der Waals surface area contributed by atoms with Gasteiger partial charge in [-0.1, -0.05) is 0 Å². The Morgan fingerprint density at radius 3 is 2.78 bits per heavy atom. The lowest BCUT2D eigenvalue weighted by atomic mass is 9.82. The number of hydrogen-bond donors (Lipinski definition) is 1. The Morgan fingerprint density at radius 2 is 2.17 bits per heavy atom. The van der Waals surface area contributed by atoms with E-state index in [2.05, 4.69) is 15.0 Å². The van der Waals surface area contributed by atoms with Crippen LogP contribution in [0.3, 0.4) is 0 Å². The Bertz CT molecular complexity index is 663. The Kier molecular flexibility index (Phi) is 4.66. The minimum Gasteiger partial charge on any atom is -0.379 e. The van der Waals surface area contributed by atoms with Gasteiger partial charge in [0, 0.05) is 30.8 Å². The van der Waals surface area contributed by atoms with Crippen LogP contribution >= 0.6 is 0 Å². The molecule has 0 spiro atoms. The van der Waals surface area contributed by atoms with Gasteiger partial charge in [-0.3, -0.25) is 9.36 Å². The van der Waals surface area contributed by atoms with Crippen molar-refractivity contribution in [3.8, 4) is 5.95 Å². The molecule has 1 aliphatic carbocycles. The zero-order chi connectivity index (χ0) is 16.2. The number of nitrogens with two attached hydrogens (primary N) is 1. The lowest BCUT2D eigenvalue weighted by Crippen LogP contribution is -2.24. The van der Waals surface area contributed by atoms with Crippen molar-refractivity contribution in [2.45, 2.75) is 44.6 Å². The molecule has 2 aromatic heterocycles. The summed E-state index contributed by atoms with van der Waals surface area (Å²) in [5.41, 5.74) is 6.69.